The number of nitrogens with one attached hydrogen (secondary N) is 1. The normalized spacial score (nSPS) is 19.6. The molecule has 3 rings (SSSR count). The largest absolute Gasteiger partial charge is 0.368 e. The summed E-state index contributed by atoms with van der Waals surface area (Å²) in [5.74, 6) is 1.03. The number of benzene rings is 1. The third kappa shape index (κ3) is 2.63. The summed E-state index contributed by atoms with van der Waals surface area (Å²) in [7, 11) is 0. The maximum atomic E-state index is 4.76. The third-order valence-corrected chi connectivity index (χ3v) is 4.32. The van der Waals surface area contributed by atoms with Crippen molar-refractivity contribution in [3.63, 3.8) is 0 Å². The van der Waals surface area contributed by atoms with E-state index in [0.29, 0.717) is 6.04 Å². The van der Waals surface area contributed by atoms with Gasteiger partial charge >= 0.3 is 0 Å². The molecule has 20 heavy (non-hydrogen) atoms. The average molecular weight is 269 g/mol. The molecule has 1 unspecified atom stereocenters. The molecular weight excluding hydrogens is 246 g/mol. The molecule has 1 aliphatic heterocycles. The van der Waals surface area contributed by atoms with E-state index in [1.807, 2.05) is 6.07 Å². The molecule has 3 heteroatoms. The lowest BCUT2D eigenvalue weighted by molar-refractivity contribution is 0.277. The van der Waals surface area contributed by atoms with Crippen LogP contribution in [-0.4, -0.2) is 35.6 Å². The van der Waals surface area contributed by atoms with E-state index in [2.05, 4.69) is 48.3 Å². The summed E-state index contributed by atoms with van der Waals surface area (Å²) in [6.07, 6.45) is 2.62. The van der Waals surface area contributed by atoms with Crippen molar-refractivity contribution in [2.45, 2.75) is 32.7 Å². The predicted molar refractivity (Wildman–Crippen MR) is 85.2 cm³/mol. The lowest BCUT2D eigenvalue weighted by Crippen LogP contribution is -2.34. The molecule has 0 aliphatic carbocycles. The van der Waals surface area contributed by atoms with Crippen LogP contribution in [0.3, 0.4) is 0 Å². The molecule has 2 aromatic rings. The first-order chi connectivity index (χ1) is 9.78. The van der Waals surface area contributed by atoms with Crippen LogP contribution in [0.4, 0.5) is 5.82 Å². The summed E-state index contributed by atoms with van der Waals surface area (Å²) in [5, 5.41) is 4.77. The number of likely N-dealkylation sites (N-methyl/N-ethyl adjacent to an activating group) is 1. The first-order valence-electron chi connectivity index (χ1n) is 7.62. The van der Waals surface area contributed by atoms with Crippen molar-refractivity contribution in [2.24, 2.45) is 0 Å². The zero-order valence-corrected chi connectivity index (χ0v) is 12.4. The molecule has 1 atom stereocenters. The Kier molecular flexibility index (Phi) is 3.88. The number of para-hydroxylation sites is 1. The van der Waals surface area contributed by atoms with Crippen molar-refractivity contribution in [3.05, 3.63) is 35.9 Å². The van der Waals surface area contributed by atoms with Gasteiger partial charge in [0, 0.05) is 18.0 Å². The number of aryl methyl sites for hydroxylation is 1. The second kappa shape index (κ2) is 5.80. The lowest BCUT2D eigenvalue weighted by Gasteiger charge is -2.23. The van der Waals surface area contributed by atoms with Crippen molar-refractivity contribution in [3.8, 4) is 0 Å². The number of anilines is 1. The molecule has 3 nitrogen and oxygen atoms in total. The van der Waals surface area contributed by atoms with Gasteiger partial charge in [-0.2, -0.15) is 0 Å². The van der Waals surface area contributed by atoms with E-state index in [0.717, 1.165) is 24.4 Å². The highest BCUT2D eigenvalue weighted by molar-refractivity contribution is 5.81. The summed E-state index contributed by atoms with van der Waals surface area (Å²) in [5.41, 5.74) is 2.30. The number of rotatable bonds is 4. The van der Waals surface area contributed by atoms with Gasteiger partial charge in [-0.3, -0.25) is 4.90 Å². The van der Waals surface area contributed by atoms with Crippen LogP contribution >= 0.6 is 0 Å². The molecule has 0 saturated carbocycles. The molecule has 0 radical (unpaired) electrons. The van der Waals surface area contributed by atoms with Crippen molar-refractivity contribution >= 4 is 16.7 Å². The van der Waals surface area contributed by atoms with Gasteiger partial charge < -0.3 is 5.32 Å². The third-order valence-electron chi connectivity index (χ3n) is 4.32. The van der Waals surface area contributed by atoms with E-state index in [4.69, 9.17) is 4.98 Å². The minimum absolute atomic E-state index is 0.660. The number of hydrogen-bond donors (Lipinski definition) is 1. The number of hydrogen-bond acceptors (Lipinski definition) is 3. The second-order valence-electron chi connectivity index (χ2n) is 5.65. The number of pyridine rings is 1. The van der Waals surface area contributed by atoms with E-state index in [1.165, 1.54) is 30.3 Å². The summed E-state index contributed by atoms with van der Waals surface area (Å²) in [4.78, 5) is 7.32. The monoisotopic (exact) mass is 269 g/mol. The van der Waals surface area contributed by atoms with Gasteiger partial charge in [-0.05, 0) is 50.6 Å². The van der Waals surface area contributed by atoms with Crippen LogP contribution in [0.1, 0.15) is 25.3 Å². The summed E-state index contributed by atoms with van der Waals surface area (Å²) in [6, 6.07) is 11.2. The van der Waals surface area contributed by atoms with E-state index in [1.54, 1.807) is 0 Å². The van der Waals surface area contributed by atoms with Crippen molar-refractivity contribution in [1.29, 1.82) is 0 Å². The van der Waals surface area contributed by atoms with E-state index in [9.17, 15) is 0 Å². The Bertz CT molecular complexity index is 594. The molecule has 2 heterocycles. The average Bonchev–Trinajstić information content (AvgIpc) is 2.92. The summed E-state index contributed by atoms with van der Waals surface area (Å²) >= 11 is 0. The topological polar surface area (TPSA) is 28.2 Å². The highest BCUT2D eigenvalue weighted by Gasteiger charge is 2.22. The first-order valence-corrected chi connectivity index (χ1v) is 7.62. The van der Waals surface area contributed by atoms with E-state index >= 15 is 0 Å². The van der Waals surface area contributed by atoms with Gasteiger partial charge in [-0.25, -0.2) is 4.98 Å². The highest BCUT2D eigenvalue weighted by atomic mass is 15.2. The summed E-state index contributed by atoms with van der Waals surface area (Å²) < 4.78 is 0. The zero-order valence-electron chi connectivity index (χ0n) is 12.4. The smallest absolute Gasteiger partial charge is 0.129 e. The Morgan fingerprint density at radius 3 is 3.05 bits per heavy atom. The van der Waals surface area contributed by atoms with Gasteiger partial charge in [-0.15, -0.1) is 0 Å². The Balaban J connectivity index is 1.75. The second-order valence-corrected chi connectivity index (χ2v) is 5.65. The van der Waals surface area contributed by atoms with E-state index in [-0.39, 0.29) is 0 Å². The molecule has 0 amide bonds. The van der Waals surface area contributed by atoms with Gasteiger partial charge in [0.05, 0.1) is 5.52 Å². The molecule has 1 fully saturated rings. The lowest BCUT2D eigenvalue weighted by atomic mass is 10.1. The Hall–Kier alpha value is -1.61. The molecule has 1 aromatic heterocycles. The van der Waals surface area contributed by atoms with Crippen LogP contribution < -0.4 is 5.32 Å². The van der Waals surface area contributed by atoms with Crippen LogP contribution in [-0.2, 0) is 0 Å². The quantitative estimate of drug-likeness (QED) is 0.921. The van der Waals surface area contributed by atoms with Gasteiger partial charge in [0.25, 0.3) is 0 Å². The molecule has 0 bridgehead atoms. The summed E-state index contributed by atoms with van der Waals surface area (Å²) in [6.45, 7) is 7.77. The minimum Gasteiger partial charge on any atom is -0.368 e. The number of fused-ring (bicyclic) bond motifs is 1. The van der Waals surface area contributed by atoms with Crippen LogP contribution in [0.15, 0.2) is 30.3 Å². The highest BCUT2D eigenvalue weighted by Crippen LogP contribution is 2.21. The Morgan fingerprint density at radius 1 is 1.35 bits per heavy atom. The number of likely N-dealkylation sites (tertiary alicyclic amines) is 1. The maximum absolute atomic E-state index is 4.76. The fourth-order valence-corrected chi connectivity index (χ4v) is 3.16. The van der Waals surface area contributed by atoms with Crippen LogP contribution in [0.5, 0.6) is 0 Å². The van der Waals surface area contributed by atoms with Crippen molar-refractivity contribution in [1.82, 2.24) is 9.88 Å². The molecule has 1 aromatic carbocycles. The maximum Gasteiger partial charge on any atom is 0.129 e. The fourth-order valence-electron chi connectivity index (χ4n) is 3.16. The first kappa shape index (κ1) is 13.4. The van der Waals surface area contributed by atoms with E-state index < -0.39 is 0 Å². The van der Waals surface area contributed by atoms with Gasteiger partial charge in [0.2, 0.25) is 0 Å². The molecule has 1 aliphatic rings. The number of aromatic nitrogens is 1. The fraction of sp³-hybridized carbons (Fsp3) is 0.471. The number of nitrogens with zero attached hydrogens (tertiary/aromatic N) is 2. The molecular formula is C17H23N3. The molecule has 1 N–H and O–H groups in total. The van der Waals surface area contributed by atoms with Gasteiger partial charge in [0.1, 0.15) is 5.82 Å². The van der Waals surface area contributed by atoms with Gasteiger partial charge in [-0.1, -0.05) is 25.1 Å². The predicted octanol–water partition coefficient (Wildman–Crippen LogP) is 3.44. The van der Waals surface area contributed by atoms with Gasteiger partial charge in [0.15, 0.2) is 0 Å². The molecule has 106 valence electrons. The van der Waals surface area contributed by atoms with Crippen LogP contribution in [0, 0.1) is 6.92 Å². The van der Waals surface area contributed by atoms with Crippen molar-refractivity contribution < 1.29 is 0 Å². The Morgan fingerprint density at radius 2 is 2.20 bits per heavy atom. The van der Waals surface area contributed by atoms with Crippen LogP contribution in [0.2, 0.25) is 0 Å². The standard InChI is InChI=1S/C17H23N3/c1-3-20-10-6-8-15(20)12-18-17-13(2)11-14-7-4-5-9-16(14)19-17/h4-5,7,9,11,15H,3,6,8,10,12H2,1-2H3,(H,18,19). The van der Waals surface area contributed by atoms with Crippen molar-refractivity contribution in [2.75, 3.05) is 25.0 Å². The Labute approximate surface area is 121 Å². The van der Waals surface area contributed by atoms with Crippen LogP contribution in [0.25, 0.3) is 10.9 Å². The zero-order chi connectivity index (χ0) is 13.9. The SMILES string of the molecule is CCN1CCCC1CNc1nc2ccccc2cc1C. The molecule has 0 spiro atoms. The minimum atomic E-state index is 0.660. The molecule has 1 saturated heterocycles.